The molecule has 102 valence electrons. The topological polar surface area (TPSA) is 16.1 Å². The molecule has 1 aromatic rings. The predicted molar refractivity (Wildman–Crippen MR) is 82.0 cm³/mol. The Bertz CT molecular complexity index is 314. The molecular weight excluding hydrogens is 288 g/mol. The number of rotatable bonds is 8. The molecule has 1 heterocycles. The van der Waals surface area contributed by atoms with Crippen molar-refractivity contribution in [2.75, 3.05) is 18.4 Å². The minimum Gasteiger partial charge on any atom is -0.299 e. The summed E-state index contributed by atoms with van der Waals surface area (Å²) >= 11 is 3.70. The zero-order chi connectivity index (χ0) is 13.4. The van der Waals surface area contributed by atoms with Crippen LogP contribution in [0, 0.1) is 5.41 Å². The monoisotopic (exact) mass is 312 g/mol. The Morgan fingerprint density at radius 2 is 1.78 bits per heavy atom. The molecule has 0 aromatic carbocycles. The Labute approximate surface area is 120 Å². The first-order valence-electron chi connectivity index (χ1n) is 6.87. The molecule has 3 heteroatoms. The van der Waals surface area contributed by atoms with Gasteiger partial charge >= 0.3 is 0 Å². The van der Waals surface area contributed by atoms with Crippen LogP contribution in [0.3, 0.4) is 0 Å². The van der Waals surface area contributed by atoms with E-state index in [-0.39, 0.29) is 0 Å². The lowest BCUT2D eigenvalue weighted by Crippen LogP contribution is -2.38. The maximum Gasteiger partial charge on any atom is 0.0271 e. The van der Waals surface area contributed by atoms with E-state index in [9.17, 15) is 0 Å². The van der Waals surface area contributed by atoms with E-state index in [2.05, 4.69) is 58.7 Å². The van der Waals surface area contributed by atoms with Crippen molar-refractivity contribution in [2.24, 2.45) is 5.41 Å². The molecule has 0 spiro atoms. The van der Waals surface area contributed by atoms with Gasteiger partial charge in [-0.15, -0.1) is 0 Å². The lowest BCUT2D eigenvalue weighted by Gasteiger charge is -2.35. The van der Waals surface area contributed by atoms with Gasteiger partial charge in [0.15, 0.2) is 0 Å². The smallest absolute Gasteiger partial charge is 0.0271 e. The van der Waals surface area contributed by atoms with Crippen molar-refractivity contribution in [3.8, 4) is 0 Å². The predicted octanol–water partition coefficient (Wildman–Crippen LogP) is 4.10. The third kappa shape index (κ3) is 4.36. The minimum atomic E-state index is 0.406. The fourth-order valence-electron chi connectivity index (χ4n) is 2.21. The van der Waals surface area contributed by atoms with Crippen LogP contribution in [0.1, 0.15) is 39.2 Å². The van der Waals surface area contributed by atoms with Crippen LogP contribution in [0.5, 0.6) is 0 Å². The van der Waals surface area contributed by atoms with Crippen LogP contribution < -0.4 is 0 Å². The second-order valence-corrected chi connectivity index (χ2v) is 5.56. The molecule has 0 unspecified atom stereocenters. The van der Waals surface area contributed by atoms with Crippen molar-refractivity contribution in [2.45, 2.75) is 40.2 Å². The van der Waals surface area contributed by atoms with Crippen LogP contribution in [0.2, 0.25) is 0 Å². The third-order valence-corrected chi connectivity index (χ3v) is 5.13. The third-order valence-electron chi connectivity index (χ3n) is 3.95. The highest BCUT2D eigenvalue weighted by Crippen LogP contribution is 2.30. The van der Waals surface area contributed by atoms with E-state index in [0.29, 0.717) is 5.41 Å². The first-order chi connectivity index (χ1) is 8.69. The van der Waals surface area contributed by atoms with Crippen LogP contribution in [0.25, 0.3) is 0 Å². The van der Waals surface area contributed by atoms with Gasteiger partial charge in [-0.25, -0.2) is 0 Å². The minimum absolute atomic E-state index is 0.406. The maximum atomic E-state index is 4.08. The molecule has 2 nitrogen and oxygen atoms in total. The summed E-state index contributed by atoms with van der Waals surface area (Å²) in [5.74, 6) is 0. The Morgan fingerprint density at radius 1 is 1.17 bits per heavy atom. The van der Waals surface area contributed by atoms with E-state index in [1.165, 1.54) is 18.4 Å². The van der Waals surface area contributed by atoms with Crippen LogP contribution in [0.15, 0.2) is 24.5 Å². The molecule has 1 rings (SSSR count). The maximum absolute atomic E-state index is 4.08. The van der Waals surface area contributed by atoms with Gasteiger partial charge < -0.3 is 0 Å². The molecule has 18 heavy (non-hydrogen) atoms. The summed E-state index contributed by atoms with van der Waals surface area (Å²) in [4.78, 5) is 6.61. The summed E-state index contributed by atoms with van der Waals surface area (Å²) in [7, 11) is 0. The fourth-order valence-corrected chi connectivity index (χ4v) is 3.18. The number of nitrogens with zero attached hydrogens (tertiary/aromatic N) is 2. The first-order valence-corrected chi connectivity index (χ1v) is 7.99. The number of hydrogen-bond acceptors (Lipinski definition) is 2. The Kier molecular flexibility index (Phi) is 6.87. The molecular formula is C15H25BrN2. The largest absolute Gasteiger partial charge is 0.299 e. The molecule has 0 aliphatic rings. The quantitative estimate of drug-likeness (QED) is 0.672. The van der Waals surface area contributed by atoms with Gasteiger partial charge in [0, 0.05) is 30.8 Å². The normalized spacial score (nSPS) is 12.1. The Morgan fingerprint density at radius 3 is 2.22 bits per heavy atom. The fraction of sp³-hybridized carbons (Fsp3) is 0.667. The lowest BCUT2D eigenvalue weighted by molar-refractivity contribution is 0.158. The molecule has 0 radical (unpaired) electrons. The molecule has 0 amide bonds. The number of halogens is 1. The van der Waals surface area contributed by atoms with Gasteiger partial charge in [0.2, 0.25) is 0 Å². The summed E-state index contributed by atoms with van der Waals surface area (Å²) in [5.41, 5.74) is 1.76. The van der Waals surface area contributed by atoms with Gasteiger partial charge in [-0.3, -0.25) is 9.88 Å². The second-order valence-electron chi connectivity index (χ2n) is 5.00. The van der Waals surface area contributed by atoms with Crippen LogP contribution in [-0.4, -0.2) is 28.3 Å². The summed E-state index contributed by atoms with van der Waals surface area (Å²) < 4.78 is 0. The standard InChI is InChI=1S/C15H25BrN2/c1-4-15(5-2,12-16)13-18(6-3)11-14-7-9-17-10-8-14/h7-10H,4-6,11-13H2,1-3H3. The molecule has 0 atom stereocenters. The van der Waals surface area contributed by atoms with Crippen LogP contribution in [-0.2, 0) is 6.54 Å². The zero-order valence-electron chi connectivity index (χ0n) is 11.8. The molecule has 0 aliphatic carbocycles. The van der Waals surface area contributed by atoms with E-state index in [1.54, 1.807) is 0 Å². The van der Waals surface area contributed by atoms with Gasteiger partial charge in [0.05, 0.1) is 0 Å². The van der Waals surface area contributed by atoms with Crippen molar-refractivity contribution < 1.29 is 0 Å². The van der Waals surface area contributed by atoms with Crippen molar-refractivity contribution >= 4 is 15.9 Å². The highest BCUT2D eigenvalue weighted by molar-refractivity contribution is 9.09. The molecule has 0 saturated heterocycles. The zero-order valence-corrected chi connectivity index (χ0v) is 13.4. The number of aromatic nitrogens is 1. The van der Waals surface area contributed by atoms with Crippen molar-refractivity contribution in [3.63, 3.8) is 0 Å². The molecule has 0 aliphatic heterocycles. The van der Waals surface area contributed by atoms with E-state index in [0.717, 1.165) is 25.0 Å². The summed E-state index contributed by atoms with van der Waals surface area (Å²) in [6, 6.07) is 4.22. The summed E-state index contributed by atoms with van der Waals surface area (Å²) in [6.45, 7) is 10.1. The average Bonchev–Trinajstić information content (AvgIpc) is 2.45. The van der Waals surface area contributed by atoms with Gasteiger partial charge in [-0.05, 0) is 42.5 Å². The van der Waals surface area contributed by atoms with Gasteiger partial charge in [0.25, 0.3) is 0 Å². The van der Waals surface area contributed by atoms with Crippen molar-refractivity contribution in [1.29, 1.82) is 0 Å². The van der Waals surface area contributed by atoms with Gasteiger partial charge in [0.1, 0.15) is 0 Å². The number of hydrogen-bond donors (Lipinski definition) is 0. The lowest BCUT2D eigenvalue weighted by atomic mass is 9.84. The van der Waals surface area contributed by atoms with E-state index in [4.69, 9.17) is 0 Å². The molecule has 0 fully saturated rings. The Balaban J connectivity index is 2.66. The number of alkyl halides is 1. The highest BCUT2D eigenvalue weighted by Gasteiger charge is 2.27. The first kappa shape index (κ1) is 15.6. The Hall–Kier alpha value is -0.410. The average molecular weight is 313 g/mol. The number of pyridine rings is 1. The van der Waals surface area contributed by atoms with Crippen molar-refractivity contribution in [1.82, 2.24) is 9.88 Å². The summed E-state index contributed by atoms with van der Waals surface area (Å²) in [5, 5.41) is 1.08. The van der Waals surface area contributed by atoms with Crippen LogP contribution in [0.4, 0.5) is 0 Å². The van der Waals surface area contributed by atoms with E-state index < -0.39 is 0 Å². The van der Waals surface area contributed by atoms with Crippen LogP contribution >= 0.6 is 15.9 Å². The van der Waals surface area contributed by atoms with E-state index in [1.807, 2.05) is 12.4 Å². The van der Waals surface area contributed by atoms with Gasteiger partial charge in [-0.1, -0.05) is 36.7 Å². The molecule has 0 bridgehead atoms. The van der Waals surface area contributed by atoms with Gasteiger partial charge in [-0.2, -0.15) is 0 Å². The van der Waals surface area contributed by atoms with Crippen molar-refractivity contribution in [3.05, 3.63) is 30.1 Å². The highest BCUT2D eigenvalue weighted by atomic mass is 79.9. The molecule has 0 N–H and O–H groups in total. The summed E-state index contributed by atoms with van der Waals surface area (Å²) in [6.07, 6.45) is 6.20. The molecule has 1 aromatic heterocycles. The SMILES string of the molecule is CCN(Cc1ccncc1)CC(CC)(CC)CBr. The second kappa shape index (κ2) is 7.90. The van der Waals surface area contributed by atoms with E-state index >= 15 is 0 Å². The molecule has 0 saturated carbocycles.